The van der Waals surface area contributed by atoms with Crippen molar-refractivity contribution in [2.75, 3.05) is 13.1 Å². The normalized spacial score (nSPS) is 20.3. The highest BCUT2D eigenvalue weighted by atomic mass is 35.5. The second-order valence-electron chi connectivity index (χ2n) is 3.67. The zero-order valence-electron chi connectivity index (χ0n) is 8.83. The van der Waals surface area contributed by atoms with Gasteiger partial charge < -0.3 is 10.6 Å². The average molecular weight is 263 g/mol. The van der Waals surface area contributed by atoms with Crippen LogP contribution in [0.4, 0.5) is 0 Å². The Balaban J connectivity index is 0.00000128. The van der Waals surface area contributed by atoms with Gasteiger partial charge in [-0.2, -0.15) is 0 Å². The predicted molar refractivity (Wildman–Crippen MR) is 64.9 cm³/mol. The fraction of sp³-hybridized carbons (Fsp3) is 0.667. The third-order valence-electron chi connectivity index (χ3n) is 2.73. The summed E-state index contributed by atoms with van der Waals surface area (Å²) in [5.74, 6) is 0.0279. The van der Waals surface area contributed by atoms with E-state index in [0.717, 1.165) is 37.3 Å². The highest BCUT2D eigenvalue weighted by molar-refractivity contribution is 7.07. The number of rotatable bonds is 2. The Morgan fingerprint density at radius 3 is 3.06 bits per heavy atom. The largest absolute Gasteiger partial charge is 0.334 e. The molecule has 1 saturated heterocycles. The number of amides is 1. The maximum Gasteiger partial charge on any atom is 0.267 e. The number of carbonyl (C=O) groups is 1. The summed E-state index contributed by atoms with van der Waals surface area (Å²) in [6.45, 7) is 1.34. The number of nitrogens with zero attached hydrogens (tertiary/aromatic N) is 3. The van der Waals surface area contributed by atoms with Crippen LogP contribution in [0.5, 0.6) is 0 Å². The number of nitrogens with two attached hydrogens (primary N) is 1. The van der Waals surface area contributed by atoms with Crippen LogP contribution in [-0.2, 0) is 0 Å². The molecule has 1 amide bonds. The van der Waals surface area contributed by atoms with E-state index in [-0.39, 0.29) is 24.4 Å². The first-order valence-corrected chi connectivity index (χ1v) is 5.88. The molecule has 0 aliphatic carbocycles. The lowest BCUT2D eigenvalue weighted by Crippen LogP contribution is -2.47. The molecule has 5 nitrogen and oxygen atoms in total. The van der Waals surface area contributed by atoms with Crippen molar-refractivity contribution in [1.29, 1.82) is 0 Å². The van der Waals surface area contributed by atoms with Gasteiger partial charge in [0.25, 0.3) is 5.91 Å². The number of halogens is 1. The van der Waals surface area contributed by atoms with Gasteiger partial charge in [0.15, 0.2) is 0 Å². The molecule has 2 heterocycles. The van der Waals surface area contributed by atoms with Crippen LogP contribution in [0.25, 0.3) is 0 Å². The van der Waals surface area contributed by atoms with Crippen LogP contribution in [0.1, 0.15) is 28.9 Å². The van der Waals surface area contributed by atoms with Crippen molar-refractivity contribution in [3.8, 4) is 0 Å². The van der Waals surface area contributed by atoms with E-state index in [0.29, 0.717) is 11.4 Å². The molecular formula is C9H15ClN4OS. The third kappa shape index (κ3) is 2.69. The molecule has 1 aliphatic heterocycles. The van der Waals surface area contributed by atoms with E-state index in [2.05, 4.69) is 9.59 Å². The first kappa shape index (κ1) is 13.3. The molecule has 1 atom stereocenters. The standard InChI is InChI=1S/C9H14N4OS.ClH/c10-5-7-3-1-2-4-13(7)9(14)8-6-11-12-15-8;/h6-7H,1-5,10H2;1H. The van der Waals surface area contributed by atoms with Gasteiger partial charge in [0.2, 0.25) is 0 Å². The minimum atomic E-state index is 0. The van der Waals surface area contributed by atoms with Gasteiger partial charge in [-0.3, -0.25) is 4.79 Å². The molecule has 0 bridgehead atoms. The van der Waals surface area contributed by atoms with Gasteiger partial charge in [-0.05, 0) is 30.8 Å². The Morgan fingerprint density at radius 2 is 2.44 bits per heavy atom. The topological polar surface area (TPSA) is 72.1 Å². The number of aromatic nitrogens is 2. The van der Waals surface area contributed by atoms with Crippen LogP contribution < -0.4 is 5.73 Å². The number of hydrogen-bond acceptors (Lipinski definition) is 5. The summed E-state index contributed by atoms with van der Waals surface area (Å²) in [5.41, 5.74) is 5.66. The third-order valence-corrected chi connectivity index (χ3v) is 3.38. The quantitative estimate of drug-likeness (QED) is 0.860. The highest BCUT2D eigenvalue weighted by Crippen LogP contribution is 2.19. The van der Waals surface area contributed by atoms with Crippen molar-refractivity contribution in [3.05, 3.63) is 11.1 Å². The minimum Gasteiger partial charge on any atom is -0.334 e. The molecular weight excluding hydrogens is 248 g/mol. The lowest BCUT2D eigenvalue weighted by Gasteiger charge is -2.34. The second kappa shape index (κ2) is 6.12. The van der Waals surface area contributed by atoms with Crippen molar-refractivity contribution < 1.29 is 4.79 Å². The van der Waals surface area contributed by atoms with E-state index in [1.165, 1.54) is 6.20 Å². The summed E-state index contributed by atoms with van der Waals surface area (Å²) in [4.78, 5) is 14.5. The molecule has 7 heteroatoms. The minimum absolute atomic E-state index is 0. The molecule has 1 aromatic heterocycles. The summed E-state index contributed by atoms with van der Waals surface area (Å²) in [6, 6.07) is 0.188. The molecule has 16 heavy (non-hydrogen) atoms. The molecule has 0 aromatic carbocycles. The van der Waals surface area contributed by atoms with Gasteiger partial charge in [-0.25, -0.2) is 0 Å². The van der Waals surface area contributed by atoms with E-state index in [1.54, 1.807) is 0 Å². The Hall–Kier alpha value is -0.720. The van der Waals surface area contributed by atoms with Gasteiger partial charge in [-0.15, -0.1) is 17.5 Å². The molecule has 1 fully saturated rings. The summed E-state index contributed by atoms with van der Waals surface area (Å²) < 4.78 is 3.70. The molecule has 0 saturated carbocycles. The molecule has 2 N–H and O–H groups in total. The Morgan fingerprint density at radius 1 is 1.62 bits per heavy atom. The Bertz CT molecular complexity index is 332. The summed E-state index contributed by atoms with van der Waals surface area (Å²) >= 11 is 1.14. The van der Waals surface area contributed by atoms with Crippen LogP contribution in [0.3, 0.4) is 0 Å². The van der Waals surface area contributed by atoms with Gasteiger partial charge in [0.05, 0.1) is 6.20 Å². The van der Waals surface area contributed by atoms with E-state index in [4.69, 9.17) is 5.73 Å². The fourth-order valence-corrected chi connectivity index (χ4v) is 2.39. The van der Waals surface area contributed by atoms with Crippen molar-refractivity contribution in [2.45, 2.75) is 25.3 Å². The SMILES string of the molecule is Cl.NCC1CCCCN1C(=O)c1cnns1. The van der Waals surface area contributed by atoms with E-state index < -0.39 is 0 Å². The second-order valence-corrected chi connectivity index (χ2v) is 4.45. The Labute approximate surface area is 105 Å². The van der Waals surface area contributed by atoms with Crippen LogP contribution in [0.15, 0.2) is 6.20 Å². The monoisotopic (exact) mass is 262 g/mol. The Kier molecular flexibility index (Phi) is 5.11. The van der Waals surface area contributed by atoms with Crippen molar-refractivity contribution in [3.63, 3.8) is 0 Å². The number of hydrogen-bond donors (Lipinski definition) is 1. The first-order chi connectivity index (χ1) is 7.33. The van der Waals surface area contributed by atoms with E-state index in [9.17, 15) is 4.79 Å². The highest BCUT2D eigenvalue weighted by Gasteiger charge is 2.27. The van der Waals surface area contributed by atoms with Crippen LogP contribution in [0, 0.1) is 0 Å². The predicted octanol–water partition coefficient (Wildman–Crippen LogP) is 0.913. The summed E-state index contributed by atoms with van der Waals surface area (Å²) in [5, 5.41) is 3.68. The van der Waals surface area contributed by atoms with Gasteiger partial charge in [-0.1, -0.05) is 4.49 Å². The molecule has 1 aromatic rings. The summed E-state index contributed by atoms with van der Waals surface area (Å²) in [6.07, 6.45) is 4.75. The van der Waals surface area contributed by atoms with Gasteiger partial charge in [0, 0.05) is 19.1 Å². The zero-order chi connectivity index (χ0) is 10.7. The van der Waals surface area contributed by atoms with Crippen molar-refractivity contribution >= 4 is 29.8 Å². The molecule has 1 aliphatic rings. The molecule has 0 spiro atoms. The average Bonchev–Trinajstić information content (AvgIpc) is 2.81. The van der Waals surface area contributed by atoms with Gasteiger partial charge >= 0.3 is 0 Å². The summed E-state index contributed by atoms with van der Waals surface area (Å²) in [7, 11) is 0. The van der Waals surface area contributed by atoms with Gasteiger partial charge in [0.1, 0.15) is 4.88 Å². The lowest BCUT2D eigenvalue weighted by molar-refractivity contribution is 0.0628. The van der Waals surface area contributed by atoms with Crippen molar-refractivity contribution in [1.82, 2.24) is 14.5 Å². The zero-order valence-corrected chi connectivity index (χ0v) is 10.5. The smallest absolute Gasteiger partial charge is 0.267 e. The van der Waals surface area contributed by atoms with Crippen LogP contribution in [-0.4, -0.2) is 39.5 Å². The lowest BCUT2D eigenvalue weighted by atomic mass is 10.0. The number of carbonyl (C=O) groups excluding carboxylic acids is 1. The molecule has 2 rings (SSSR count). The maximum absolute atomic E-state index is 12.0. The molecule has 90 valence electrons. The van der Waals surface area contributed by atoms with Crippen molar-refractivity contribution in [2.24, 2.45) is 5.73 Å². The maximum atomic E-state index is 12.0. The fourth-order valence-electron chi connectivity index (χ4n) is 1.92. The van der Waals surface area contributed by atoms with Crippen LogP contribution >= 0.6 is 23.9 Å². The first-order valence-electron chi connectivity index (χ1n) is 5.11. The molecule has 1 unspecified atom stereocenters. The van der Waals surface area contributed by atoms with E-state index >= 15 is 0 Å². The van der Waals surface area contributed by atoms with Crippen LogP contribution in [0.2, 0.25) is 0 Å². The number of likely N-dealkylation sites (tertiary alicyclic amines) is 1. The number of piperidine rings is 1. The van der Waals surface area contributed by atoms with E-state index in [1.807, 2.05) is 4.90 Å². The molecule has 0 radical (unpaired) electrons.